The van der Waals surface area contributed by atoms with Gasteiger partial charge in [0.1, 0.15) is 17.2 Å². The molecule has 0 fully saturated rings. The molecule has 39 heavy (non-hydrogen) atoms. The third kappa shape index (κ3) is 11.1. The Morgan fingerprint density at radius 1 is 0.641 bits per heavy atom. The van der Waals surface area contributed by atoms with Crippen LogP contribution in [-0.4, -0.2) is 30.3 Å². The highest BCUT2D eigenvalue weighted by molar-refractivity contribution is 5.91. The van der Waals surface area contributed by atoms with E-state index in [1.165, 1.54) is 50.3 Å². The van der Waals surface area contributed by atoms with Gasteiger partial charge in [-0.15, -0.1) is 0 Å². The number of ether oxygens (including phenoxy) is 3. The minimum absolute atomic E-state index is 0.119. The summed E-state index contributed by atoms with van der Waals surface area (Å²) in [5, 5.41) is 9.34. The van der Waals surface area contributed by atoms with Gasteiger partial charge in [-0.2, -0.15) is 0 Å². The van der Waals surface area contributed by atoms with Crippen LogP contribution in [0.15, 0.2) is 85.5 Å². The van der Waals surface area contributed by atoms with E-state index in [1.807, 2.05) is 36.4 Å². The molecule has 0 radical (unpaired) electrons. The molecule has 206 valence electrons. The Labute approximate surface area is 231 Å². The molecule has 0 aliphatic carbocycles. The Morgan fingerprint density at radius 3 is 1.69 bits per heavy atom. The highest BCUT2D eigenvalue weighted by atomic mass is 16.5. The molecule has 3 aromatic rings. The third-order valence-electron chi connectivity index (χ3n) is 6.32. The van der Waals surface area contributed by atoms with Gasteiger partial charge in [0.05, 0.1) is 18.8 Å². The number of phenolic OH excluding ortho intramolecular Hbond substituents is 1. The Bertz CT molecular complexity index is 1150. The van der Waals surface area contributed by atoms with E-state index in [-0.39, 0.29) is 11.7 Å². The zero-order valence-electron chi connectivity index (χ0n) is 22.5. The van der Waals surface area contributed by atoms with Crippen LogP contribution in [0.5, 0.6) is 17.2 Å². The molecule has 0 bridgehead atoms. The van der Waals surface area contributed by atoms with Gasteiger partial charge in [-0.25, -0.2) is 9.59 Å². The van der Waals surface area contributed by atoms with E-state index in [0.717, 1.165) is 42.6 Å². The van der Waals surface area contributed by atoms with E-state index < -0.39 is 5.97 Å². The third-order valence-corrected chi connectivity index (χ3v) is 6.32. The molecule has 1 N–H and O–H groups in total. The molecule has 3 aromatic carbocycles. The Hall–Kier alpha value is -4.06. The molecular weight excluding hydrogens is 492 g/mol. The zero-order valence-corrected chi connectivity index (χ0v) is 22.5. The van der Waals surface area contributed by atoms with E-state index in [2.05, 4.69) is 6.58 Å². The molecular formula is C33H38O6. The summed E-state index contributed by atoms with van der Waals surface area (Å²) in [6, 6.07) is 21.3. The number of hydrogen-bond acceptors (Lipinski definition) is 6. The maximum absolute atomic E-state index is 12.4. The van der Waals surface area contributed by atoms with E-state index in [9.17, 15) is 14.7 Å². The second kappa shape index (κ2) is 16.7. The molecule has 6 nitrogen and oxygen atoms in total. The van der Waals surface area contributed by atoms with Crippen molar-refractivity contribution in [3.63, 3.8) is 0 Å². The lowest BCUT2D eigenvalue weighted by Gasteiger charge is -2.08. The summed E-state index contributed by atoms with van der Waals surface area (Å²) >= 11 is 0. The molecule has 0 saturated carbocycles. The molecule has 6 heteroatoms. The van der Waals surface area contributed by atoms with E-state index in [1.54, 1.807) is 24.3 Å². The lowest BCUT2D eigenvalue weighted by Crippen LogP contribution is -2.08. The zero-order chi connectivity index (χ0) is 27.7. The van der Waals surface area contributed by atoms with Gasteiger partial charge in [0.2, 0.25) is 0 Å². The summed E-state index contributed by atoms with van der Waals surface area (Å²) in [5.41, 5.74) is 2.49. The second-order valence-electron chi connectivity index (χ2n) is 9.39. The van der Waals surface area contributed by atoms with Crippen LogP contribution in [0.2, 0.25) is 0 Å². The van der Waals surface area contributed by atoms with Gasteiger partial charge in [0.25, 0.3) is 0 Å². The van der Waals surface area contributed by atoms with Crippen LogP contribution >= 0.6 is 0 Å². The second-order valence-corrected chi connectivity index (χ2v) is 9.39. The van der Waals surface area contributed by atoms with Crippen molar-refractivity contribution in [2.24, 2.45) is 0 Å². The smallest absolute Gasteiger partial charge is 0.343 e. The molecule has 0 aromatic heterocycles. The maximum Gasteiger partial charge on any atom is 0.343 e. The quantitative estimate of drug-likeness (QED) is 0.0827. The van der Waals surface area contributed by atoms with Gasteiger partial charge < -0.3 is 19.3 Å². The predicted molar refractivity (Wildman–Crippen MR) is 153 cm³/mol. The first kappa shape index (κ1) is 29.5. The van der Waals surface area contributed by atoms with Crippen LogP contribution in [0, 0.1) is 0 Å². The molecule has 0 heterocycles. The average Bonchev–Trinajstić information content (AvgIpc) is 2.97. The number of hydrogen-bond donors (Lipinski definition) is 1. The van der Waals surface area contributed by atoms with Crippen LogP contribution in [0.4, 0.5) is 0 Å². The Balaban J connectivity index is 1.26. The first-order valence-electron chi connectivity index (χ1n) is 13.7. The number of esters is 2. The number of aromatic hydroxyl groups is 1. The SMILES string of the molecule is C=CC(=O)OCCCCCCCCCCCOc1ccc(-c2ccc(C(=O)Oc3ccc(O)cc3)cc2)cc1. The maximum atomic E-state index is 12.4. The molecule has 0 atom stereocenters. The van der Waals surface area contributed by atoms with Crippen LogP contribution < -0.4 is 9.47 Å². The fourth-order valence-electron chi connectivity index (χ4n) is 4.09. The van der Waals surface area contributed by atoms with Crippen LogP contribution in [0.1, 0.15) is 68.1 Å². The summed E-state index contributed by atoms with van der Waals surface area (Å²) in [5.74, 6) is 0.566. The summed E-state index contributed by atoms with van der Waals surface area (Å²) in [6.07, 6.45) is 11.5. The van der Waals surface area contributed by atoms with Gasteiger partial charge >= 0.3 is 11.9 Å². The van der Waals surface area contributed by atoms with Gasteiger partial charge in [-0.05, 0) is 72.5 Å². The first-order valence-corrected chi connectivity index (χ1v) is 13.7. The van der Waals surface area contributed by atoms with E-state index in [0.29, 0.717) is 24.5 Å². The molecule has 0 spiro atoms. The number of carbonyl (C=O) groups is 2. The number of phenols is 1. The number of carbonyl (C=O) groups excluding carboxylic acids is 2. The molecule has 0 saturated heterocycles. The van der Waals surface area contributed by atoms with Crippen molar-refractivity contribution in [1.29, 1.82) is 0 Å². The summed E-state index contributed by atoms with van der Waals surface area (Å²) in [6.45, 7) is 4.58. The van der Waals surface area contributed by atoms with Gasteiger partial charge in [0, 0.05) is 6.08 Å². The Morgan fingerprint density at radius 2 is 1.13 bits per heavy atom. The van der Waals surface area contributed by atoms with Gasteiger partial charge in [-0.3, -0.25) is 0 Å². The lowest BCUT2D eigenvalue weighted by atomic mass is 10.0. The van der Waals surface area contributed by atoms with E-state index >= 15 is 0 Å². The molecule has 0 aliphatic heterocycles. The van der Waals surface area contributed by atoms with Crippen molar-refractivity contribution in [1.82, 2.24) is 0 Å². The van der Waals surface area contributed by atoms with Crippen LogP contribution in [0.3, 0.4) is 0 Å². The molecule has 0 amide bonds. The van der Waals surface area contributed by atoms with E-state index in [4.69, 9.17) is 14.2 Å². The standard InChI is InChI=1S/C33H38O6/c1-2-32(35)38-25-11-9-7-5-3-4-6-8-10-24-37-30-20-16-27(17-21-30)26-12-14-28(15-13-26)33(36)39-31-22-18-29(34)19-23-31/h2,12-23,34H,1,3-11,24-25H2. The van der Waals surface area contributed by atoms with Crippen LogP contribution in [0.25, 0.3) is 11.1 Å². The summed E-state index contributed by atoms with van der Waals surface area (Å²) in [4.78, 5) is 23.3. The van der Waals surface area contributed by atoms with Gasteiger partial charge in [0.15, 0.2) is 0 Å². The fourth-order valence-corrected chi connectivity index (χ4v) is 4.09. The topological polar surface area (TPSA) is 82.1 Å². The largest absolute Gasteiger partial charge is 0.508 e. The van der Waals surface area contributed by atoms with Crippen molar-refractivity contribution >= 4 is 11.9 Å². The average molecular weight is 531 g/mol. The highest BCUT2D eigenvalue weighted by Crippen LogP contribution is 2.24. The predicted octanol–water partition coefficient (Wildman–Crippen LogP) is 7.90. The number of benzene rings is 3. The normalized spacial score (nSPS) is 10.6. The van der Waals surface area contributed by atoms with Crippen molar-refractivity contribution in [3.8, 4) is 28.4 Å². The number of unbranched alkanes of at least 4 members (excludes halogenated alkanes) is 8. The van der Waals surface area contributed by atoms with Crippen molar-refractivity contribution in [2.45, 2.75) is 57.8 Å². The monoisotopic (exact) mass is 530 g/mol. The summed E-state index contributed by atoms with van der Waals surface area (Å²) in [7, 11) is 0. The number of rotatable bonds is 17. The van der Waals surface area contributed by atoms with Crippen molar-refractivity contribution in [2.75, 3.05) is 13.2 Å². The minimum Gasteiger partial charge on any atom is -0.508 e. The fraction of sp³-hybridized carbons (Fsp3) is 0.333. The summed E-state index contributed by atoms with van der Waals surface area (Å²) < 4.78 is 16.2. The van der Waals surface area contributed by atoms with Crippen LogP contribution in [-0.2, 0) is 9.53 Å². The lowest BCUT2D eigenvalue weighted by molar-refractivity contribution is -0.137. The minimum atomic E-state index is -0.448. The highest BCUT2D eigenvalue weighted by Gasteiger charge is 2.09. The molecule has 0 unspecified atom stereocenters. The van der Waals surface area contributed by atoms with Gasteiger partial charge in [-0.1, -0.05) is 75.8 Å². The molecule has 0 aliphatic rings. The van der Waals surface area contributed by atoms with Crippen molar-refractivity contribution in [3.05, 3.63) is 91.0 Å². The Kier molecular flexibility index (Phi) is 12.6. The molecule has 3 rings (SSSR count). The van der Waals surface area contributed by atoms with Crippen molar-refractivity contribution < 1.29 is 28.9 Å². The first-order chi connectivity index (χ1) is 19.0.